The average molecular weight is 290 g/mol. The van der Waals surface area contributed by atoms with Gasteiger partial charge >= 0.3 is 0 Å². The van der Waals surface area contributed by atoms with Crippen LogP contribution in [-0.4, -0.2) is 31.9 Å². The summed E-state index contributed by atoms with van der Waals surface area (Å²) < 4.78 is 52.9. The lowest BCUT2D eigenvalue weighted by molar-refractivity contribution is 0.249. The van der Waals surface area contributed by atoms with E-state index in [-0.39, 0.29) is 25.0 Å². The quantitative estimate of drug-likeness (QED) is 0.893. The van der Waals surface area contributed by atoms with Crippen LogP contribution in [0.1, 0.15) is 13.3 Å². The van der Waals surface area contributed by atoms with E-state index in [2.05, 4.69) is 0 Å². The van der Waals surface area contributed by atoms with Crippen LogP contribution in [0, 0.1) is 17.6 Å². The van der Waals surface area contributed by atoms with Gasteiger partial charge in [-0.25, -0.2) is 17.2 Å². The molecule has 1 heterocycles. The second kappa shape index (κ2) is 5.15. The summed E-state index contributed by atoms with van der Waals surface area (Å²) in [5.74, 6) is -2.18. The molecule has 0 saturated carbocycles. The first kappa shape index (κ1) is 14.4. The first-order chi connectivity index (χ1) is 8.84. The topological polar surface area (TPSA) is 63.4 Å². The predicted octanol–water partition coefficient (Wildman–Crippen LogP) is 1.32. The molecule has 106 valence electrons. The smallest absolute Gasteiger partial charge is 0.248 e. The van der Waals surface area contributed by atoms with Crippen LogP contribution in [0.4, 0.5) is 8.78 Å². The minimum atomic E-state index is -4.15. The Bertz CT molecular complexity index is 557. The van der Waals surface area contributed by atoms with Gasteiger partial charge in [-0.1, -0.05) is 13.0 Å². The number of piperidine rings is 1. The molecule has 0 spiro atoms. The van der Waals surface area contributed by atoms with Crippen molar-refractivity contribution in [2.24, 2.45) is 11.7 Å². The lowest BCUT2D eigenvalue weighted by atomic mass is 9.96. The lowest BCUT2D eigenvalue weighted by Crippen LogP contribution is -2.48. The zero-order chi connectivity index (χ0) is 14.2. The van der Waals surface area contributed by atoms with Crippen LogP contribution in [-0.2, 0) is 10.0 Å². The van der Waals surface area contributed by atoms with Crippen LogP contribution in [0.3, 0.4) is 0 Å². The molecule has 0 bridgehead atoms. The molecule has 7 heteroatoms. The van der Waals surface area contributed by atoms with E-state index in [0.717, 1.165) is 22.5 Å². The van der Waals surface area contributed by atoms with Gasteiger partial charge in [0.15, 0.2) is 4.90 Å². The van der Waals surface area contributed by atoms with E-state index < -0.39 is 26.6 Å². The average Bonchev–Trinajstić information content (AvgIpc) is 2.32. The summed E-state index contributed by atoms with van der Waals surface area (Å²) in [4.78, 5) is -0.877. The first-order valence-electron chi connectivity index (χ1n) is 6.03. The highest BCUT2D eigenvalue weighted by molar-refractivity contribution is 7.89. The zero-order valence-corrected chi connectivity index (χ0v) is 11.3. The van der Waals surface area contributed by atoms with Gasteiger partial charge in [0, 0.05) is 19.1 Å². The fourth-order valence-corrected chi connectivity index (χ4v) is 3.87. The second-order valence-corrected chi connectivity index (χ2v) is 6.72. The Morgan fingerprint density at radius 3 is 2.42 bits per heavy atom. The summed E-state index contributed by atoms with van der Waals surface area (Å²) in [5.41, 5.74) is 5.81. The molecule has 2 N–H and O–H groups in total. The molecule has 19 heavy (non-hydrogen) atoms. The van der Waals surface area contributed by atoms with Crippen molar-refractivity contribution in [3.8, 4) is 0 Å². The first-order valence-corrected chi connectivity index (χ1v) is 7.48. The predicted molar refractivity (Wildman–Crippen MR) is 66.9 cm³/mol. The summed E-state index contributed by atoms with van der Waals surface area (Å²) in [6, 6.07) is 2.93. The van der Waals surface area contributed by atoms with Gasteiger partial charge in [-0.05, 0) is 24.5 Å². The Labute approximate surface area is 111 Å². The molecule has 0 radical (unpaired) electrons. The van der Waals surface area contributed by atoms with Gasteiger partial charge in [-0.2, -0.15) is 4.31 Å². The molecule has 0 aliphatic carbocycles. The molecule has 2 rings (SSSR count). The van der Waals surface area contributed by atoms with Crippen molar-refractivity contribution in [1.29, 1.82) is 0 Å². The van der Waals surface area contributed by atoms with E-state index in [9.17, 15) is 17.2 Å². The van der Waals surface area contributed by atoms with Gasteiger partial charge in [0.2, 0.25) is 10.0 Å². The van der Waals surface area contributed by atoms with E-state index >= 15 is 0 Å². The molecule has 1 aliphatic heterocycles. The van der Waals surface area contributed by atoms with Crippen molar-refractivity contribution in [3.63, 3.8) is 0 Å². The summed E-state index contributed by atoms with van der Waals surface area (Å²) in [5, 5.41) is 0. The third-order valence-electron chi connectivity index (χ3n) is 3.45. The van der Waals surface area contributed by atoms with Crippen molar-refractivity contribution in [3.05, 3.63) is 29.8 Å². The lowest BCUT2D eigenvalue weighted by Gasteiger charge is -2.34. The van der Waals surface area contributed by atoms with Crippen molar-refractivity contribution >= 4 is 10.0 Å². The molecule has 0 aromatic heterocycles. The minimum absolute atomic E-state index is 0.0432. The molecule has 1 fully saturated rings. The SMILES string of the molecule is CC1CN(S(=O)(=O)c2c(F)cccc2F)CCC1N. The van der Waals surface area contributed by atoms with Crippen LogP contribution >= 0.6 is 0 Å². The largest absolute Gasteiger partial charge is 0.327 e. The Morgan fingerprint density at radius 1 is 1.32 bits per heavy atom. The molecule has 0 amide bonds. The van der Waals surface area contributed by atoms with E-state index in [1.54, 1.807) is 0 Å². The van der Waals surface area contributed by atoms with Gasteiger partial charge in [0.25, 0.3) is 0 Å². The second-order valence-electron chi connectivity index (χ2n) is 4.84. The van der Waals surface area contributed by atoms with E-state index in [4.69, 9.17) is 5.73 Å². The van der Waals surface area contributed by atoms with Crippen molar-refractivity contribution in [2.75, 3.05) is 13.1 Å². The summed E-state index contributed by atoms with van der Waals surface area (Å²) in [7, 11) is -4.15. The third kappa shape index (κ3) is 2.63. The van der Waals surface area contributed by atoms with Crippen molar-refractivity contribution in [1.82, 2.24) is 4.31 Å². The van der Waals surface area contributed by atoms with E-state index in [0.29, 0.717) is 6.42 Å². The van der Waals surface area contributed by atoms with Gasteiger partial charge in [-0.15, -0.1) is 0 Å². The molecule has 1 aromatic rings. The van der Waals surface area contributed by atoms with Crippen LogP contribution in [0.2, 0.25) is 0 Å². The molecule has 2 unspecified atom stereocenters. The third-order valence-corrected chi connectivity index (χ3v) is 5.37. The fraction of sp³-hybridized carbons (Fsp3) is 0.500. The molecule has 4 nitrogen and oxygen atoms in total. The van der Waals surface area contributed by atoms with Crippen molar-refractivity contribution < 1.29 is 17.2 Å². The number of rotatable bonds is 2. The molecule has 1 aliphatic rings. The summed E-state index contributed by atoms with van der Waals surface area (Å²) in [6.45, 7) is 2.18. The normalized spacial score (nSPS) is 25.5. The van der Waals surface area contributed by atoms with Gasteiger partial charge < -0.3 is 5.73 Å². The fourth-order valence-electron chi connectivity index (χ4n) is 2.20. The highest BCUT2D eigenvalue weighted by Gasteiger charge is 2.35. The maximum Gasteiger partial charge on any atom is 0.248 e. The number of nitrogens with zero attached hydrogens (tertiary/aromatic N) is 1. The van der Waals surface area contributed by atoms with E-state index in [1.807, 2.05) is 6.92 Å². The molecule has 1 saturated heterocycles. The highest BCUT2D eigenvalue weighted by atomic mass is 32.2. The molecular weight excluding hydrogens is 274 g/mol. The number of sulfonamides is 1. The van der Waals surface area contributed by atoms with E-state index in [1.165, 1.54) is 0 Å². The summed E-state index contributed by atoms with van der Waals surface area (Å²) in [6.07, 6.45) is 0.483. The van der Waals surface area contributed by atoms with Gasteiger partial charge in [0.1, 0.15) is 11.6 Å². The molecular formula is C12H16F2N2O2S. The van der Waals surface area contributed by atoms with Gasteiger partial charge in [0.05, 0.1) is 0 Å². The minimum Gasteiger partial charge on any atom is -0.327 e. The Balaban J connectivity index is 2.38. The molecule has 2 atom stereocenters. The summed E-state index contributed by atoms with van der Waals surface area (Å²) >= 11 is 0. The van der Waals surface area contributed by atoms with Gasteiger partial charge in [-0.3, -0.25) is 0 Å². The van der Waals surface area contributed by atoms with Crippen LogP contribution in [0.5, 0.6) is 0 Å². The molecule has 1 aromatic carbocycles. The maximum absolute atomic E-state index is 13.6. The highest BCUT2D eigenvalue weighted by Crippen LogP contribution is 2.26. The number of hydrogen-bond donors (Lipinski definition) is 1. The maximum atomic E-state index is 13.6. The standard InChI is InChI=1S/C12H16F2N2O2S/c1-8-7-16(6-5-11(8)15)19(17,18)12-9(13)3-2-4-10(12)14/h2-4,8,11H,5-7,15H2,1H3. The zero-order valence-electron chi connectivity index (χ0n) is 10.5. The number of benzene rings is 1. The van der Waals surface area contributed by atoms with Crippen LogP contribution in [0.15, 0.2) is 23.1 Å². The Hall–Kier alpha value is -1.05. The monoisotopic (exact) mass is 290 g/mol. The van der Waals surface area contributed by atoms with Crippen LogP contribution < -0.4 is 5.73 Å². The Morgan fingerprint density at radius 2 is 1.89 bits per heavy atom. The number of nitrogens with two attached hydrogens (primary N) is 1. The van der Waals surface area contributed by atoms with Crippen molar-refractivity contribution in [2.45, 2.75) is 24.3 Å². The van der Waals surface area contributed by atoms with Crippen LogP contribution in [0.25, 0.3) is 0 Å². The Kier molecular flexibility index (Phi) is 3.89. The number of hydrogen-bond acceptors (Lipinski definition) is 3. The number of halogens is 2.